The molecule has 0 aliphatic rings. The van der Waals surface area contributed by atoms with Gasteiger partial charge in [-0.15, -0.1) is 11.3 Å². The minimum atomic E-state index is -0.872. The lowest BCUT2D eigenvalue weighted by Crippen LogP contribution is -2.19. The number of fused-ring (bicyclic) bond motifs is 1. The third-order valence-corrected chi connectivity index (χ3v) is 4.94. The Balaban J connectivity index is 1.93. The molecule has 0 saturated carbocycles. The summed E-state index contributed by atoms with van der Waals surface area (Å²) in [6, 6.07) is 5.79. The second-order valence-corrected chi connectivity index (χ2v) is 6.24. The van der Waals surface area contributed by atoms with Gasteiger partial charge < -0.3 is 0 Å². The molecule has 0 fully saturated rings. The van der Waals surface area contributed by atoms with E-state index in [9.17, 15) is 13.6 Å². The fraction of sp³-hybridized carbons (Fsp3) is 0.143. The SMILES string of the molecule is Cn1c(SCc2cccc(F)c2F)nc2sccc2c1=O. The molecule has 0 unspecified atom stereocenters. The summed E-state index contributed by atoms with van der Waals surface area (Å²) in [4.78, 5) is 17.2. The second-order valence-electron chi connectivity index (χ2n) is 4.40. The molecule has 3 rings (SSSR count). The Hall–Kier alpha value is -1.73. The Morgan fingerprint density at radius 1 is 1.33 bits per heavy atom. The maximum atomic E-state index is 13.6. The first-order chi connectivity index (χ1) is 10.1. The molecule has 0 saturated heterocycles. The van der Waals surface area contributed by atoms with Gasteiger partial charge in [0.1, 0.15) is 4.83 Å². The van der Waals surface area contributed by atoms with E-state index in [-0.39, 0.29) is 16.9 Å². The standard InChI is InChI=1S/C14H10F2N2OS2/c1-18-13(19)9-5-6-20-12(9)17-14(18)21-7-8-3-2-4-10(15)11(8)16/h2-6H,7H2,1H3. The molecule has 0 bridgehead atoms. The van der Waals surface area contributed by atoms with Gasteiger partial charge in [-0.05, 0) is 17.5 Å². The predicted molar refractivity (Wildman–Crippen MR) is 80.8 cm³/mol. The zero-order chi connectivity index (χ0) is 15.0. The number of benzene rings is 1. The fourth-order valence-corrected chi connectivity index (χ4v) is 3.66. The number of halogens is 2. The molecule has 21 heavy (non-hydrogen) atoms. The van der Waals surface area contributed by atoms with E-state index in [4.69, 9.17) is 0 Å². The highest BCUT2D eigenvalue weighted by atomic mass is 32.2. The quantitative estimate of drug-likeness (QED) is 0.546. The number of thioether (sulfide) groups is 1. The van der Waals surface area contributed by atoms with Gasteiger partial charge in [0.15, 0.2) is 16.8 Å². The molecule has 3 aromatic rings. The molecule has 3 nitrogen and oxygen atoms in total. The van der Waals surface area contributed by atoms with Crippen LogP contribution in [0.3, 0.4) is 0 Å². The van der Waals surface area contributed by atoms with Crippen LogP contribution in [0, 0.1) is 11.6 Å². The highest BCUT2D eigenvalue weighted by Crippen LogP contribution is 2.25. The molecule has 2 aromatic heterocycles. The molecule has 0 N–H and O–H groups in total. The van der Waals surface area contributed by atoms with Crippen molar-refractivity contribution in [3.8, 4) is 0 Å². The van der Waals surface area contributed by atoms with Crippen molar-refractivity contribution in [1.82, 2.24) is 9.55 Å². The van der Waals surface area contributed by atoms with Gasteiger partial charge in [-0.2, -0.15) is 0 Å². The van der Waals surface area contributed by atoms with Crippen molar-refractivity contribution >= 4 is 33.3 Å². The zero-order valence-electron chi connectivity index (χ0n) is 11.0. The molecular formula is C14H10F2N2OS2. The first kappa shape index (κ1) is 14.2. The number of nitrogens with zero attached hydrogens (tertiary/aromatic N) is 2. The Morgan fingerprint density at radius 2 is 2.14 bits per heavy atom. The Morgan fingerprint density at radius 3 is 2.95 bits per heavy atom. The number of rotatable bonds is 3. The van der Waals surface area contributed by atoms with E-state index in [0.717, 1.165) is 6.07 Å². The largest absolute Gasteiger partial charge is 0.290 e. The van der Waals surface area contributed by atoms with Crippen LogP contribution in [-0.4, -0.2) is 9.55 Å². The van der Waals surface area contributed by atoms with Gasteiger partial charge in [0.25, 0.3) is 5.56 Å². The summed E-state index contributed by atoms with van der Waals surface area (Å²) in [6.45, 7) is 0. The maximum Gasteiger partial charge on any atom is 0.262 e. The Bertz CT molecular complexity index is 873. The molecule has 0 spiro atoms. The third-order valence-electron chi connectivity index (χ3n) is 3.05. The third kappa shape index (κ3) is 2.58. The summed E-state index contributed by atoms with van der Waals surface area (Å²) >= 11 is 2.59. The van der Waals surface area contributed by atoms with E-state index < -0.39 is 11.6 Å². The second kappa shape index (κ2) is 5.57. The van der Waals surface area contributed by atoms with Gasteiger partial charge in [0.2, 0.25) is 0 Å². The molecule has 0 amide bonds. The van der Waals surface area contributed by atoms with E-state index in [0.29, 0.717) is 15.4 Å². The van der Waals surface area contributed by atoms with Crippen molar-refractivity contribution in [1.29, 1.82) is 0 Å². The minimum Gasteiger partial charge on any atom is -0.290 e. The summed E-state index contributed by atoms with van der Waals surface area (Å²) in [6.07, 6.45) is 0. The summed E-state index contributed by atoms with van der Waals surface area (Å²) in [5.41, 5.74) is 0.115. The monoisotopic (exact) mass is 324 g/mol. The van der Waals surface area contributed by atoms with Crippen molar-refractivity contribution < 1.29 is 8.78 Å². The zero-order valence-corrected chi connectivity index (χ0v) is 12.6. The van der Waals surface area contributed by atoms with Crippen molar-refractivity contribution in [2.75, 3.05) is 0 Å². The van der Waals surface area contributed by atoms with E-state index >= 15 is 0 Å². The average molecular weight is 324 g/mol. The van der Waals surface area contributed by atoms with Crippen LogP contribution in [0.4, 0.5) is 8.78 Å². The lowest BCUT2D eigenvalue weighted by atomic mass is 10.2. The van der Waals surface area contributed by atoms with Gasteiger partial charge in [-0.3, -0.25) is 9.36 Å². The fourth-order valence-electron chi connectivity index (χ4n) is 1.91. The first-order valence-electron chi connectivity index (χ1n) is 6.08. The van der Waals surface area contributed by atoms with Gasteiger partial charge in [-0.25, -0.2) is 13.8 Å². The van der Waals surface area contributed by atoms with Crippen LogP contribution in [0.2, 0.25) is 0 Å². The summed E-state index contributed by atoms with van der Waals surface area (Å²) < 4.78 is 28.2. The van der Waals surface area contributed by atoms with Crippen LogP contribution in [0.1, 0.15) is 5.56 Å². The molecule has 108 valence electrons. The molecule has 2 heterocycles. The maximum absolute atomic E-state index is 13.6. The van der Waals surface area contributed by atoms with Crippen LogP contribution in [0.5, 0.6) is 0 Å². The highest BCUT2D eigenvalue weighted by Gasteiger charge is 2.12. The summed E-state index contributed by atoms with van der Waals surface area (Å²) in [7, 11) is 1.62. The molecular weight excluding hydrogens is 314 g/mol. The molecule has 1 aromatic carbocycles. The van der Waals surface area contributed by atoms with Crippen molar-refractivity contribution in [3.63, 3.8) is 0 Å². The van der Waals surface area contributed by atoms with E-state index in [1.54, 1.807) is 18.5 Å². The van der Waals surface area contributed by atoms with Crippen molar-refractivity contribution in [2.45, 2.75) is 10.9 Å². The van der Waals surface area contributed by atoms with Crippen LogP contribution in [-0.2, 0) is 12.8 Å². The Kier molecular flexibility index (Phi) is 3.77. The lowest BCUT2D eigenvalue weighted by molar-refractivity contribution is 0.502. The summed E-state index contributed by atoms with van der Waals surface area (Å²) in [5.74, 6) is -1.52. The number of thiophene rings is 1. The van der Waals surface area contributed by atoms with Gasteiger partial charge >= 0.3 is 0 Å². The van der Waals surface area contributed by atoms with Gasteiger partial charge in [0, 0.05) is 18.4 Å². The minimum absolute atomic E-state index is 0.136. The van der Waals surface area contributed by atoms with Crippen LogP contribution in [0.15, 0.2) is 39.6 Å². The first-order valence-corrected chi connectivity index (χ1v) is 7.94. The molecule has 0 radical (unpaired) electrons. The molecule has 0 atom stereocenters. The number of aromatic nitrogens is 2. The smallest absolute Gasteiger partial charge is 0.262 e. The Labute approximate surface area is 127 Å². The van der Waals surface area contributed by atoms with E-state index in [1.165, 1.54) is 39.8 Å². The van der Waals surface area contributed by atoms with Gasteiger partial charge in [0.05, 0.1) is 5.39 Å². The molecule has 0 aliphatic carbocycles. The normalized spacial score (nSPS) is 11.2. The number of hydrogen-bond acceptors (Lipinski definition) is 4. The summed E-state index contributed by atoms with van der Waals surface area (Å²) in [5, 5.41) is 2.86. The molecule has 7 heteroatoms. The lowest BCUT2D eigenvalue weighted by Gasteiger charge is -2.07. The van der Waals surface area contributed by atoms with E-state index in [1.807, 2.05) is 0 Å². The topological polar surface area (TPSA) is 34.9 Å². The highest BCUT2D eigenvalue weighted by molar-refractivity contribution is 7.98. The van der Waals surface area contributed by atoms with Crippen LogP contribution >= 0.6 is 23.1 Å². The van der Waals surface area contributed by atoms with Crippen LogP contribution < -0.4 is 5.56 Å². The van der Waals surface area contributed by atoms with Gasteiger partial charge in [-0.1, -0.05) is 23.9 Å². The molecule has 0 aliphatic heterocycles. The van der Waals surface area contributed by atoms with Crippen LogP contribution in [0.25, 0.3) is 10.2 Å². The predicted octanol–water partition coefficient (Wildman–Crippen LogP) is 3.57. The number of hydrogen-bond donors (Lipinski definition) is 0. The van der Waals surface area contributed by atoms with Crippen molar-refractivity contribution in [3.05, 3.63) is 57.2 Å². The average Bonchev–Trinajstić information content (AvgIpc) is 2.94. The van der Waals surface area contributed by atoms with E-state index in [2.05, 4.69) is 4.98 Å². The van der Waals surface area contributed by atoms with Crippen molar-refractivity contribution in [2.24, 2.45) is 7.05 Å².